The Morgan fingerprint density at radius 2 is 1.48 bits per heavy atom. The van der Waals surface area contributed by atoms with Crippen LogP contribution in [0.4, 0.5) is 5.69 Å². The number of rotatable bonds is 5. The van der Waals surface area contributed by atoms with Gasteiger partial charge in [0.1, 0.15) is 12.4 Å². The van der Waals surface area contributed by atoms with E-state index in [1.165, 1.54) is 11.4 Å². The van der Waals surface area contributed by atoms with Crippen LogP contribution in [0.25, 0.3) is 0 Å². The van der Waals surface area contributed by atoms with Crippen molar-refractivity contribution < 1.29 is 13.2 Å². The summed E-state index contributed by atoms with van der Waals surface area (Å²) in [6.45, 7) is 0.636. The van der Waals surface area contributed by atoms with Crippen molar-refractivity contribution in [2.75, 3.05) is 32.2 Å². The first-order valence-corrected chi connectivity index (χ1v) is 9.68. The molecule has 0 atom stereocenters. The van der Waals surface area contributed by atoms with Crippen molar-refractivity contribution in [3.05, 3.63) is 40.1 Å². The first kappa shape index (κ1) is 21.7. The molecule has 0 saturated heterocycles. The molecule has 0 aliphatic heterocycles. The van der Waals surface area contributed by atoms with Crippen LogP contribution in [0.5, 0.6) is 5.75 Å². The topological polar surface area (TPSA) is 111 Å². The molecule has 2 N–H and O–H groups in total. The van der Waals surface area contributed by atoms with Gasteiger partial charge in [-0.25, -0.2) is 12.7 Å². The van der Waals surface area contributed by atoms with Crippen LogP contribution >= 0.6 is 34.8 Å². The summed E-state index contributed by atoms with van der Waals surface area (Å²) in [5.41, 5.74) is 6.18. The summed E-state index contributed by atoms with van der Waals surface area (Å²) in [6, 6.07) is 6.96. The predicted octanol–water partition coefficient (Wildman–Crippen LogP) is 2.37. The third-order valence-electron chi connectivity index (χ3n) is 2.67. The number of nitrogens with two attached hydrogens (primary N) is 1. The number of likely N-dealkylation sites (N-methyl/N-ethyl adjacent to an activating group) is 1. The zero-order valence-corrected chi connectivity index (χ0v) is 16.4. The van der Waals surface area contributed by atoms with Crippen LogP contribution in [-0.2, 0) is 10.0 Å². The van der Waals surface area contributed by atoms with E-state index in [0.29, 0.717) is 24.6 Å². The number of benzene rings is 1. The van der Waals surface area contributed by atoms with Gasteiger partial charge in [-0.2, -0.15) is 15.0 Å². The van der Waals surface area contributed by atoms with Gasteiger partial charge < -0.3 is 10.5 Å². The fourth-order valence-electron chi connectivity index (χ4n) is 1.33. The normalized spacial score (nSPS) is 11.0. The number of sulfonamides is 1. The highest BCUT2D eigenvalue weighted by Crippen LogP contribution is 2.13. The molecular weight excluding hydrogens is 413 g/mol. The van der Waals surface area contributed by atoms with Gasteiger partial charge in [-0.05, 0) is 59.1 Å². The Hall–Kier alpha value is -1.39. The summed E-state index contributed by atoms with van der Waals surface area (Å²) in [6.07, 6.45) is 1.16. The van der Waals surface area contributed by atoms with Gasteiger partial charge in [-0.1, -0.05) is 0 Å². The smallest absolute Gasteiger partial charge is 0.227 e. The average molecular weight is 429 g/mol. The first-order chi connectivity index (χ1) is 11.6. The molecule has 0 spiro atoms. The Balaban J connectivity index is 0.000000293. The van der Waals surface area contributed by atoms with Crippen LogP contribution < -0.4 is 10.5 Å². The van der Waals surface area contributed by atoms with E-state index in [9.17, 15) is 8.42 Å². The summed E-state index contributed by atoms with van der Waals surface area (Å²) in [5.74, 6) is 0.677. The molecule has 0 amide bonds. The molecule has 0 aliphatic carbocycles. The summed E-state index contributed by atoms with van der Waals surface area (Å²) >= 11 is 16.0. The quantitative estimate of drug-likeness (QED) is 0.728. The van der Waals surface area contributed by atoms with Gasteiger partial charge in [0.2, 0.25) is 25.9 Å². The third kappa shape index (κ3) is 9.03. The molecule has 2 aromatic rings. The van der Waals surface area contributed by atoms with Crippen LogP contribution in [0.1, 0.15) is 0 Å². The second kappa shape index (κ2) is 9.93. The Morgan fingerprint density at radius 3 is 1.88 bits per heavy atom. The lowest BCUT2D eigenvalue weighted by molar-refractivity contribution is 0.287. The molecule has 0 unspecified atom stereocenters. The van der Waals surface area contributed by atoms with Gasteiger partial charge in [-0.3, -0.25) is 0 Å². The Kier molecular flexibility index (Phi) is 8.60. The standard InChI is InChI=1S/C10H16N2O3S.C3Cl3N3/c1-12(16(2,13)14)7-8-15-10-5-3-9(11)4-6-10;4-1-7-2(5)9-3(6)8-1/h3-6H,7-8,11H2,1-2H3;. The molecule has 12 heteroatoms. The van der Waals surface area contributed by atoms with E-state index in [1.807, 2.05) is 0 Å². The fourth-order valence-corrected chi connectivity index (χ4v) is 2.34. The SMILES string of the molecule is CN(CCOc1ccc(N)cc1)S(C)(=O)=O.Clc1nc(Cl)nc(Cl)n1. The van der Waals surface area contributed by atoms with Crippen molar-refractivity contribution in [1.29, 1.82) is 0 Å². The largest absolute Gasteiger partial charge is 0.492 e. The van der Waals surface area contributed by atoms with Gasteiger partial charge >= 0.3 is 0 Å². The van der Waals surface area contributed by atoms with Crippen molar-refractivity contribution in [3.8, 4) is 5.75 Å². The van der Waals surface area contributed by atoms with E-state index in [1.54, 1.807) is 24.3 Å². The van der Waals surface area contributed by atoms with Gasteiger partial charge in [0.25, 0.3) is 0 Å². The van der Waals surface area contributed by atoms with E-state index < -0.39 is 10.0 Å². The predicted molar refractivity (Wildman–Crippen MR) is 98.7 cm³/mol. The molecule has 0 aliphatic rings. The molecule has 0 bridgehead atoms. The molecule has 25 heavy (non-hydrogen) atoms. The van der Waals surface area contributed by atoms with Crippen molar-refractivity contribution in [3.63, 3.8) is 0 Å². The Bertz CT molecular complexity index is 740. The summed E-state index contributed by atoms with van der Waals surface area (Å²) in [4.78, 5) is 10.4. The second-order valence-electron chi connectivity index (χ2n) is 4.64. The second-order valence-corrected chi connectivity index (χ2v) is 7.75. The maximum absolute atomic E-state index is 11.1. The number of nitrogens with zero attached hydrogens (tertiary/aromatic N) is 4. The van der Waals surface area contributed by atoms with Crippen LogP contribution in [-0.4, -0.2) is 54.1 Å². The summed E-state index contributed by atoms with van der Waals surface area (Å²) in [7, 11) is -1.62. The molecule has 0 fully saturated rings. The first-order valence-electron chi connectivity index (χ1n) is 6.70. The van der Waals surface area contributed by atoms with E-state index in [2.05, 4.69) is 15.0 Å². The average Bonchev–Trinajstić information content (AvgIpc) is 2.47. The summed E-state index contributed by atoms with van der Waals surface area (Å²) < 4.78 is 28.7. The molecule has 8 nitrogen and oxygen atoms in total. The van der Waals surface area contributed by atoms with E-state index in [4.69, 9.17) is 45.3 Å². The highest BCUT2D eigenvalue weighted by atomic mass is 35.5. The highest BCUT2D eigenvalue weighted by Gasteiger charge is 2.09. The zero-order valence-electron chi connectivity index (χ0n) is 13.4. The van der Waals surface area contributed by atoms with Crippen molar-refractivity contribution >= 4 is 50.5 Å². The Morgan fingerprint density at radius 1 is 1.04 bits per heavy atom. The lowest BCUT2D eigenvalue weighted by atomic mass is 10.3. The van der Waals surface area contributed by atoms with Crippen LogP contribution in [0, 0.1) is 0 Å². The molecule has 1 aromatic heterocycles. The monoisotopic (exact) mass is 427 g/mol. The number of halogens is 3. The van der Waals surface area contributed by atoms with E-state index >= 15 is 0 Å². The van der Waals surface area contributed by atoms with Crippen molar-refractivity contribution in [2.45, 2.75) is 0 Å². The number of hydrogen-bond acceptors (Lipinski definition) is 7. The molecule has 2 rings (SSSR count). The number of anilines is 1. The van der Waals surface area contributed by atoms with Gasteiger partial charge in [0.15, 0.2) is 0 Å². The molecule has 1 aromatic carbocycles. The molecular formula is C13H16Cl3N5O3S. The number of ether oxygens (including phenoxy) is 1. The summed E-state index contributed by atoms with van der Waals surface area (Å²) in [5, 5.41) is 0.00000000000000178. The maximum Gasteiger partial charge on any atom is 0.227 e. The van der Waals surface area contributed by atoms with Crippen LogP contribution in [0.2, 0.25) is 15.9 Å². The maximum atomic E-state index is 11.1. The lowest BCUT2D eigenvalue weighted by Crippen LogP contribution is -2.29. The fraction of sp³-hybridized carbons (Fsp3) is 0.308. The highest BCUT2D eigenvalue weighted by molar-refractivity contribution is 7.88. The molecule has 0 saturated carbocycles. The van der Waals surface area contributed by atoms with E-state index in [-0.39, 0.29) is 15.9 Å². The number of aromatic nitrogens is 3. The third-order valence-corrected chi connectivity index (χ3v) is 4.50. The van der Waals surface area contributed by atoms with Gasteiger partial charge in [0, 0.05) is 19.3 Å². The molecule has 138 valence electrons. The van der Waals surface area contributed by atoms with Gasteiger partial charge in [-0.15, -0.1) is 0 Å². The minimum Gasteiger partial charge on any atom is -0.492 e. The van der Waals surface area contributed by atoms with Crippen LogP contribution in [0.3, 0.4) is 0 Å². The molecule has 0 radical (unpaired) electrons. The number of nitrogen functional groups attached to an aromatic ring is 1. The zero-order chi connectivity index (χ0) is 19.0. The Labute approximate surface area is 160 Å². The van der Waals surface area contributed by atoms with Crippen LogP contribution in [0.15, 0.2) is 24.3 Å². The number of hydrogen-bond donors (Lipinski definition) is 1. The van der Waals surface area contributed by atoms with E-state index in [0.717, 1.165) is 6.26 Å². The minimum absolute atomic E-state index is 0.000000000000000444. The lowest BCUT2D eigenvalue weighted by Gasteiger charge is -2.14. The minimum atomic E-state index is -3.13. The van der Waals surface area contributed by atoms with Crippen molar-refractivity contribution in [2.24, 2.45) is 0 Å². The van der Waals surface area contributed by atoms with Gasteiger partial charge in [0.05, 0.1) is 6.26 Å². The van der Waals surface area contributed by atoms with Crippen molar-refractivity contribution in [1.82, 2.24) is 19.3 Å². The molecule has 1 heterocycles.